The molecular weight excluding hydrogens is 328 g/mol. The summed E-state index contributed by atoms with van der Waals surface area (Å²) in [4.78, 5) is 2.32. The molecule has 2 aliphatic heterocycles. The van der Waals surface area contributed by atoms with E-state index < -0.39 is 0 Å². The van der Waals surface area contributed by atoms with Crippen LogP contribution < -0.4 is 10.8 Å². The van der Waals surface area contributed by atoms with Gasteiger partial charge in [0, 0.05) is 17.2 Å². The molecule has 3 heterocycles. The summed E-state index contributed by atoms with van der Waals surface area (Å²) in [7, 11) is 2.13. The molecule has 1 fully saturated rings. The van der Waals surface area contributed by atoms with Crippen LogP contribution in [0, 0.1) is 17.2 Å². The van der Waals surface area contributed by atoms with Crippen LogP contribution in [0.15, 0.2) is 41.7 Å². The molecule has 7 heteroatoms. The third-order valence-electron chi connectivity index (χ3n) is 5.46. The van der Waals surface area contributed by atoms with E-state index in [-0.39, 0.29) is 5.92 Å². The molecule has 0 saturated carbocycles. The number of aromatic nitrogens is 2. The van der Waals surface area contributed by atoms with Gasteiger partial charge in [0.05, 0.1) is 29.4 Å². The molecule has 1 saturated heterocycles. The molecule has 0 amide bonds. The van der Waals surface area contributed by atoms with E-state index in [2.05, 4.69) is 39.0 Å². The fourth-order valence-electron chi connectivity index (χ4n) is 4.05. The first-order chi connectivity index (χ1) is 12.7. The summed E-state index contributed by atoms with van der Waals surface area (Å²) >= 11 is 0. The SMILES string of the molecule is CN1CCC(C2=C(C#N)C(c3ccccc3NO)c3cn[nH]c3N2)CC1. The topological polar surface area (TPSA) is 100 Å². The molecule has 1 unspecified atom stereocenters. The third kappa shape index (κ3) is 2.73. The van der Waals surface area contributed by atoms with E-state index >= 15 is 0 Å². The number of aromatic amines is 1. The number of fused-ring (bicyclic) bond motifs is 1. The van der Waals surface area contributed by atoms with E-state index in [1.807, 2.05) is 18.2 Å². The predicted octanol–water partition coefficient (Wildman–Crippen LogP) is 2.89. The number of nitriles is 1. The van der Waals surface area contributed by atoms with Gasteiger partial charge in [0.25, 0.3) is 0 Å². The van der Waals surface area contributed by atoms with Crippen LogP contribution >= 0.6 is 0 Å². The van der Waals surface area contributed by atoms with Gasteiger partial charge in [-0.2, -0.15) is 10.4 Å². The van der Waals surface area contributed by atoms with Gasteiger partial charge < -0.3 is 10.2 Å². The normalized spacial score (nSPS) is 21.0. The van der Waals surface area contributed by atoms with Crippen LogP contribution in [-0.4, -0.2) is 40.4 Å². The molecule has 26 heavy (non-hydrogen) atoms. The molecule has 4 rings (SSSR count). The Morgan fingerprint density at radius 3 is 2.77 bits per heavy atom. The number of piperidine rings is 1. The highest BCUT2D eigenvalue weighted by Gasteiger charge is 2.35. The summed E-state index contributed by atoms with van der Waals surface area (Å²) in [6.07, 6.45) is 3.78. The van der Waals surface area contributed by atoms with Gasteiger partial charge >= 0.3 is 0 Å². The number of para-hydroxylation sites is 1. The molecular formula is C19H22N6O. The number of allylic oxidation sites excluding steroid dienone is 2. The van der Waals surface area contributed by atoms with E-state index in [1.165, 1.54) is 0 Å². The lowest BCUT2D eigenvalue weighted by molar-refractivity contribution is 0.238. The van der Waals surface area contributed by atoms with Crippen LogP contribution in [0.5, 0.6) is 0 Å². The first kappa shape index (κ1) is 16.6. The molecule has 7 nitrogen and oxygen atoms in total. The Morgan fingerprint density at radius 1 is 1.27 bits per heavy atom. The molecule has 0 radical (unpaired) electrons. The zero-order valence-corrected chi connectivity index (χ0v) is 14.7. The molecule has 1 aromatic carbocycles. The minimum Gasteiger partial charge on any atom is -0.343 e. The highest BCUT2D eigenvalue weighted by atomic mass is 16.5. The summed E-state index contributed by atoms with van der Waals surface area (Å²) in [6.45, 7) is 2.04. The standard InChI is InChI=1S/C19H22N6O/c1-25-8-6-12(7-9-25)18-14(10-20)17(15-11-21-23-19(15)22-18)13-4-2-3-5-16(13)24-26/h2-5,11-12,17,24,26H,6-9H2,1H3,(H2,21,22,23). The van der Waals surface area contributed by atoms with Crippen LogP contribution in [0.1, 0.15) is 29.9 Å². The number of anilines is 2. The summed E-state index contributed by atoms with van der Waals surface area (Å²) in [6, 6.07) is 9.96. The van der Waals surface area contributed by atoms with Crippen LogP contribution in [0.4, 0.5) is 11.5 Å². The fraction of sp³-hybridized carbons (Fsp3) is 0.368. The number of rotatable bonds is 3. The second-order valence-corrected chi connectivity index (χ2v) is 6.97. The minimum atomic E-state index is -0.263. The van der Waals surface area contributed by atoms with Gasteiger partial charge in [-0.1, -0.05) is 18.2 Å². The van der Waals surface area contributed by atoms with Crippen molar-refractivity contribution in [1.29, 1.82) is 5.26 Å². The first-order valence-electron chi connectivity index (χ1n) is 8.85. The maximum absolute atomic E-state index is 10.0. The summed E-state index contributed by atoms with van der Waals surface area (Å²) in [5.41, 5.74) is 6.34. The van der Waals surface area contributed by atoms with E-state index in [0.29, 0.717) is 17.2 Å². The molecule has 4 N–H and O–H groups in total. The first-order valence-corrected chi connectivity index (χ1v) is 8.85. The van der Waals surface area contributed by atoms with Gasteiger partial charge in [0.2, 0.25) is 0 Å². The van der Waals surface area contributed by atoms with E-state index in [4.69, 9.17) is 0 Å². The van der Waals surface area contributed by atoms with Crippen LogP contribution in [0.25, 0.3) is 0 Å². The Morgan fingerprint density at radius 2 is 2.04 bits per heavy atom. The Kier molecular flexibility index (Phi) is 4.37. The lowest BCUT2D eigenvalue weighted by Crippen LogP contribution is -2.34. The van der Waals surface area contributed by atoms with Crippen LogP contribution in [-0.2, 0) is 0 Å². The van der Waals surface area contributed by atoms with Crippen LogP contribution in [0.2, 0.25) is 0 Å². The molecule has 1 atom stereocenters. The summed E-state index contributed by atoms with van der Waals surface area (Å²) in [5.74, 6) is 0.880. The number of hydrogen-bond donors (Lipinski definition) is 4. The van der Waals surface area contributed by atoms with Crippen molar-refractivity contribution in [2.45, 2.75) is 18.8 Å². The molecule has 0 aliphatic carbocycles. The van der Waals surface area contributed by atoms with Crippen molar-refractivity contribution >= 4 is 11.5 Å². The highest BCUT2D eigenvalue weighted by molar-refractivity contribution is 5.68. The number of hydrogen-bond acceptors (Lipinski definition) is 6. The van der Waals surface area contributed by atoms with E-state index in [1.54, 1.807) is 12.3 Å². The number of benzene rings is 1. The van der Waals surface area contributed by atoms with Crippen molar-refractivity contribution in [3.63, 3.8) is 0 Å². The largest absolute Gasteiger partial charge is 0.343 e. The van der Waals surface area contributed by atoms with Crippen molar-refractivity contribution in [2.24, 2.45) is 5.92 Å². The van der Waals surface area contributed by atoms with Gasteiger partial charge in [-0.05, 0) is 44.6 Å². The van der Waals surface area contributed by atoms with Crippen molar-refractivity contribution in [3.8, 4) is 6.07 Å². The molecule has 1 aromatic heterocycles. The third-order valence-corrected chi connectivity index (χ3v) is 5.46. The van der Waals surface area contributed by atoms with Crippen molar-refractivity contribution in [1.82, 2.24) is 15.1 Å². The van der Waals surface area contributed by atoms with Gasteiger partial charge in [0.15, 0.2) is 0 Å². The minimum absolute atomic E-state index is 0.263. The van der Waals surface area contributed by atoms with E-state index in [9.17, 15) is 10.5 Å². The molecule has 0 spiro atoms. The average molecular weight is 350 g/mol. The van der Waals surface area contributed by atoms with Gasteiger partial charge in [-0.3, -0.25) is 15.8 Å². The molecule has 2 aromatic rings. The average Bonchev–Trinajstić information content (AvgIpc) is 3.15. The van der Waals surface area contributed by atoms with Gasteiger partial charge in [-0.25, -0.2) is 0 Å². The second kappa shape index (κ2) is 6.83. The Bertz CT molecular complexity index is 872. The lowest BCUT2D eigenvalue weighted by atomic mass is 9.78. The van der Waals surface area contributed by atoms with E-state index in [0.717, 1.165) is 48.6 Å². The maximum Gasteiger partial charge on any atom is 0.129 e. The Balaban J connectivity index is 1.84. The van der Waals surface area contributed by atoms with Crippen molar-refractivity contribution in [3.05, 3.63) is 52.9 Å². The predicted molar refractivity (Wildman–Crippen MR) is 98.8 cm³/mol. The zero-order valence-electron chi connectivity index (χ0n) is 14.7. The lowest BCUT2D eigenvalue weighted by Gasteiger charge is -2.35. The molecule has 0 bridgehead atoms. The fourth-order valence-corrected chi connectivity index (χ4v) is 4.05. The highest BCUT2D eigenvalue weighted by Crippen LogP contribution is 2.45. The van der Waals surface area contributed by atoms with Gasteiger partial charge in [0.1, 0.15) is 5.82 Å². The Labute approximate surface area is 152 Å². The zero-order chi connectivity index (χ0) is 18.1. The van der Waals surface area contributed by atoms with Crippen LogP contribution in [0.3, 0.4) is 0 Å². The van der Waals surface area contributed by atoms with Crippen molar-refractivity contribution < 1.29 is 5.21 Å². The maximum atomic E-state index is 10.0. The summed E-state index contributed by atoms with van der Waals surface area (Å²) in [5, 5.41) is 30.2. The summed E-state index contributed by atoms with van der Waals surface area (Å²) < 4.78 is 0. The smallest absolute Gasteiger partial charge is 0.129 e. The monoisotopic (exact) mass is 350 g/mol. The second-order valence-electron chi connectivity index (χ2n) is 6.97. The quantitative estimate of drug-likeness (QED) is 0.635. The molecule has 134 valence electrons. The molecule has 2 aliphatic rings. The number of likely N-dealkylation sites (tertiary alicyclic amines) is 1. The number of H-pyrrole nitrogens is 1. The Hall–Kier alpha value is -2.82. The van der Waals surface area contributed by atoms with Crippen molar-refractivity contribution in [2.75, 3.05) is 30.9 Å². The number of nitrogens with zero attached hydrogens (tertiary/aromatic N) is 3. The number of nitrogens with one attached hydrogen (secondary N) is 3. The van der Waals surface area contributed by atoms with Gasteiger partial charge in [-0.15, -0.1) is 0 Å².